The molecular formula is C11H22O2. The number of hydrogen-bond acceptors (Lipinski definition) is 2. The Morgan fingerprint density at radius 1 is 1.31 bits per heavy atom. The predicted octanol–water partition coefficient (Wildman–Crippen LogP) is 2.35. The molecule has 2 heteroatoms. The lowest BCUT2D eigenvalue weighted by Gasteiger charge is -2.31. The predicted molar refractivity (Wildman–Crippen MR) is 53.7 cm³/mol. The second kappa shape index (κ2) is 4.97. The maximum Gasteiger partial charge on any atom is 0.0705 e. The monoisotopic (exact) mass is 186 g/mol. The molecule has 1 saturated carbocycles. The summed E-state index contributed by atoms with van der Waals surface area (Å²) in [6.07, 6.45) is 6.10. The third-order valence-electron chi connectivity index (χ3n) is 2.79. The van der Waals surface area contributed by atoms with Crippen LogP contribution < -0.4 is 0 Å². The molecule has 1 aliphatic rings. The molecule has 0 atom stereocenters. The summed E-state index contributed by atoms with van der Waals surface area (Å²) in [6, 6.07) is 0. The number of aliphatic hydroxyl groups is 1. The van der Waals surface area contributed by atoms with Crippen molar-refractivity contribution in [2.24, 2.45) is 5.92 Å². The van der Waals surface area contributed by atoms with Gasteiger partial charge in [-0.05, 0) is 25.2 Å². The third kappa shape index (κ3) is 3.28. The number of hydrogen-bond donors (Lipinski definition) is 1. The standard InChI is InChI=1S/C11H22O2/c1-10(2)9-11(13-8-7-12)5-3-4-6-11/h10,12H,3-9H2,1-2H3. The summed E-state index contributed by atoms with van der Waals surface area (Å²) < 4.78 is 5.80. The van der Waals surface area contributed by atoms with E-state index in [1.807, 2.05) is 0 Å². The Hall–Kier alpha value is -0.0800. The Labute approximate surface area is 81.3 Å². The summed E-state index contributed by atoms with van der Waals surface area (Å²) in [5.74, 6) is 0.691. The Kier molecular flexibility index (Phi) is 4.20. The van der Waals surface area contributed by atoms with Crippen molar-refractivity contribution >= 4 is 0 Å². The second-order valence-corrected chi connectivity index (χ2v) is 4.56. The molecule has 0 aromatic heterocycles. The summed E-state index contributed by atoms with van der Waals surface area (Å²) in [5, 5.41) is 8.75. The van der Waals surface area contributed by atoms with Crippen molar-refractivity contribution in [1.29, 1.82) is 0 Å². The van der Waals surface area contributed by atoms with Crippen molar-refractivity contribution in [2.45, 2.75) is 51.6 Å². The van der Waals surface area contributed by atoms with Gasteiger partial charge in [-0.2, -0.15) is 0 Å². The summed E-state index contributed by atoms with van der Waals surface area (Å²) in [4.78, 5) is 0. The van der Waals surface area contributed by atoms with Gasteiger partial charge in [-0.1, -0.05) is 26.7 Å². The molecule has 0 saturated heterocycles. The first kappa shape index (κ1) is 11.0. The first-order valence-electron chi connectivity index (χ1n) is 5.43. The first-order valence-corrected chi connectivity index (χ1v) is 5.43. The van der Waals surface area contributed by atoms with Crippen LogP contribution in [-0.2, 0) is 4.74 Å². The van der Waals surface area contributed by atoms with Gasteiger partial charge in [-0.25, -0.2) is 0 Å². The average Bonchev–Trinajstić information content (AvgIpc) is 2.49. The van der Waals surface area contributed by atoms with Crippen LogP contribution in [0.1, 0.15) is 46.0 Å². The average molecular weight is 186 g/mol. The number of rotatable bonds is 5. The minimum atomic E-state index is 0.108. The zero-order chi connectivity index (χ0) is 9.73. The van der Waals surface area contributed by atoms with Crippen molar-refractivity contribution in [2.75, 3.05) is 13.2 Å². The molecule has 0 heterocycles. The summed E-state index contributed by atoms with van der Waals surface area (Å²) >= 11 is 0. The molecule has 1 N–H and O–H groups in total. The van der Waals surface area contributed by atoms with Crippen molar-refractivity contribution in [3.8, 4) is 0 Å². The Morgan fingerprint density at radius 3 is 2.38 bits per heavy atom. The highest BCUT2D eigenvalue weighted by molar-refractivity contribution is 4.87. The summed E-state index contributed by atoms with van der Waals surface area (Å²) in [6.45, 7) is 5.14. The van der Waals surface area contributed by atoms with Gasteiger partial charge in [-0.15, -0.1) is 0 Å². The molecule has 78 valence electrons. The second-order valence-electron chi connectivity index (χ2n) is 4.56. The molecular weight excluding hydrogens is 164 g/mol. The van der Waals surface area contributed by atoms with E-state index in [1.54, 1.807) is 0 Å². The Bertz CT molecular complexity index is 137. The van der Waals surface area contributed by atoms with Gasteiger partial charge in [0.25, 0.3) is 0 Å². The first-order chi connectivity index (χ1) is 6.18. The van der Waals surface area contributed by atoms with Gasteiger partial charge in [0.1, 0.15) is 0 Å². The van der Waals surface area contributed by atoms with E-state index in [2.05, 4.69) is 13.8 Å². The maximum absolute atomic E-state index is 8.75. The molecule has 0 radical (unpaired) electrons. The highest BCUT2D eigenvalue weighted by atomic mass is 16.5. The van der Waals surface area contributed by atoms with Crippen LogP contribution >= 0.6 is 0 Å². The van der Waals surface area contributed by atoms with E-state index in [0.29, 0.717) is 12.5 Å². The fourth-order valence-corrected chi connectivity index (χ4v) is 2.43. The largest absolute Gasteiger partial charge is 0.394 e. The molecule has 0 amide bonds. The highest BCUT2D eigenvalue weighted by Crippen LogP contribution is 2.38. The van der Waals surface area contributed by atoms with E-state index in [1.165, 1.54) is 25.7 Å². The van der Waals surface area contributed by atoms with E-state index < -0.39 is 0 Å². The molecule has 1 rings (SSSR count). The van der Waals surface area contributed by atoms with Crippen molar-refractivity contribution < 1.29 is 9.84 Å². The Morgan fingerprint density at radius 2 is 1.92 bits per heavy atom. The van der Waals surface area contributed by atoms with Crippen LogP contribution in [0.2, 0.25) is 0 Å². The van der Waals surface area contributed by atoms with Gasteiger partial charge in [0.2, 0.25) is 0 Å². The van der Waals surface area contributed by atoms with Crippen LogP contribution in [0.3, 0.4) is 0 Å². The normalized spacial score (nSPS) is 21.2. The molecule has 2 nitrogen and oxygen atoms in total. The fourth-order valence-electron chi connectivity index (χ4n) is 2.43. The van der Waals surface area contributed by atoms with Crippen LogP contribution in [0.25, 0.3) is 0 Å². The molecule has 1 fully saturated rings. The topological polar surface area (TPSA) is 29.5 Å². The van der Waals surface area contributed by atoms with E-state index in [-0.39, 0.29) is 12.2 Å². The molecule has 0 aromatic carbocycles. The molecule has 0 spiro atoms. The van der Waals surface area contributed by atoms with Crippen LogP contribution in [0.5, 0.6) is 0 Å². The maximum atomic E-state index is 8.75. The van der Waals surface area contributed by atoms with E-state index in [0.717, 1.165) is 6.42 Å². The lowest BCUT2D eigenvalue weighted by Crippen LogP contribution is -2.32. The van der Waals surface area contributed by atoms with Crippen LogP contribution in [0, 0.1) is 5.92 Å². The molecule has 0 aliphatic heterocycles. The lowest BCUT2D eigenvalue weighted by atomic mass is 9.91. The van der Waals surface area contributed by atoms with Crippen molar-refractivity contribution in [3.05, 3.63) is 0 Å². The SMILES string of the molecule is CC(C)CC1(OCCO)CCCC1. The number of aliphatic hydroxyl groups excluding tert-OH is 1. The molecule has 13 heavy (non-hydrogen) atoms. The van der Waals surface area contributed by atoms with Gasteiger partial charge < -0.3 is 9.84 Å². The fraction of sp³-hybridized carbons (Fsp3) is 1.00. The quantitative estimate of drug-likeness (QED) is 0.714. The highest BCUT2D eigenvalue weighted by Gasteiger charge is 2.34. The minimum absolute atomic E-state index is 0.108. The summed E-state index contributed by atoms with van der Waals surface area (Å²) in [5.41, 5.74) is 0.108. The third-order valence-corrected chi connectivity index (χ3v) is 2.79. The zero-order valence-electron chi connectivity index (χ0n) is 8.88. The number of ether oxygens (including phenoxy) is 1. The van der Waals surface area contributed by atoms with Crippen LogP contribution in [0.4, 0.5) is 0 Å². The molecule has 0 bridgehead atoms. The molecule has 0 unspecified atom stereocenters. The van der Waals surface area contributed by atoms with Crippen LogP contribution in [0.15, 0.2) is 0 Å². The van der Waals surface area contributed by atoms with Crippen molar-refractivity contribution in [3.63, 3.8) is 0 Å². The van der Waals surface area contributed by atoms with E-state index in [9.17, 15) is 0 Å². The zero-order valence-corrected chi connectivity index (χ0v) is 8.88. The Balaban J connectivity index is 2.42. The molecule has 1 aliphatic carbocycles. The lowest BCUT2D eigenvalue weighted by molar-refractivity contribution is -0.0657. The van der Waals surface area contributed by atoms with Gasteiger partial charge in [0.15, 0.2) is 0 Å². The van der Waals surface area contributed by atoms with Crippen LogP contribution in [-0.4, -0.2) is 23.9 Å². The van der Waals surface area contributed by atoms with Gasteiger partial charge in [0, 0.05) is 0 Å². The van der Waals surface area contributed by atoms with Gasteiger partial charge in [-0.3, -0.25) is 0 Å². The smallest absolute Gasteiger partial charge is 0.0705 e. The molecule has 0 aromatic rings. The van der Waals surface area contributed by atoms with Crippen molar-refractivity contribution in [1.82, 2.24) is 0 Å². The van der Waals surface area contributed by atoms with E-state index in [4.69, 9.17) is 9.84 Å². The minimum Gasteiger partial charge on any atom is -0.394 e. The summed E-state index contributed by atoms with van der Waals surface area (Å²) in [7, 11) is 0. The van der Waals surface area contributed by atoms with Gasteiger partial charge >= 0.3 is 0 Å². The van der Waals surface area contributed by atoms with E-state index >= 15 is 0 Å². The van der Waals surface area contributed by atoms with Gasteiger partial charge in [0.05, 0.1) is 18.8 Å².